The summed E-state index contributed by atoms with van der Waals surface area (Å²) >= 11 is 0. The number of esters is 1. The van der Waals surface area contributed by atoms with Crippen LogP contribution in [-0.4, -0.2) is 18.5 Å². The fourth-order valence-electron chi connectivity index (χ4n) is 2.93. The molecule has 0 radical (unpaired) electrons. The summed E-state index contributed by atoms with van der Waals surface area (Å²) in [7, 11) is 0. The highest BCUT2D eigenvalue weighted by atomic mass is 16.5. The van der Waals surface area contributed by atoms with E-state index in [-0.39, 0.29) is 12.5 Å². The van der Waals surface area contributed by atoms with E-state index in [1.165, 1.54) is 0 Å². The maximum absolute atomic E-state index is 12.8. The minimum Gasteiger partial charge on any atom is -0.455 e. The first-order chi connectivity index (χ1) is 13.6. The van der Waals surface area contributed by atoms with Crippen molar-refractivity contribution in [2.24, 2.45) is 0 Å². The third-order valence-electron chi connectivity index (χ3n) is 4.46. The Hall–Kier alpha value is -3.40. The van der Waals surface area contributed by atoms with E-state index in [0.29, 0.717) is 6.54 Å². The minimum atomic E-state index is -0.563. The van der Waals surface area contributed by atoms with E-state index in [1.807, 2.05) is 91.9 Å². The standard InChI is InChI=1S/C24H23NO3/c1-18-12-14-19(15-13-18)16-25-22(26)17-28-24(27)23(20-8-4-2-5-9-20)21-10-6-3-7-11-21/h2-15,23H,16-17H2,1H3,(H,25,26). The number of aryl methyl sites for hydroxylation is 1. The van der Waals surface area contributed by atoms with Gasteiger partial charge in [-0.2, -0.15) is 0 Å². The molecule has 4 nitrogen and oxygen atoms in total. The van der Waals surface area contributed by atoms with E-state index in [4.69, 9.17) is 4.74 Å². The summed E-state index contributed by atoms with van der Waals surface area (Å²) in [6.45, 7) is 2.11. The lowest BCUT2D eigenvalue weighted by Crippen LogP contribution is -2.29. The first-order valence-corrected chi connectivity index (χ1v) is 9.22. The Morgan fingerprint density at radius 3 is 1.89 bits per heavy atom. The smallest absolute Gasteiger partial charge is 0.318 e. The number of rotatable bonds is 7. The summed E-state index contributed by atoms with van der Waals surface area (Å²) < 4.78 is 5.33. The van der Waals surface area contributed by atoms with Crippen LogP contribution in [0.1, 0.15) is 28.2 Å². The molecule has 3 rings (SSSR count). The lowest BCUT2D eigenvalue weighted by atomic mass is 9.91. The zero-order valence-electron chi connectivity index (χ0n) is 15.8. The number of benzene rings is 3. The molecular weight excluding hydrogens is 350 g/mol. The Kier molecular flexibility index (Phi) is 6.58. The second kappa shape index (κ2) is 9.51. The average Bonchev–Trinajstić information content (AvgIpc) is 2.73. The maximum atomic E-state index is 12.8. The molecule has 0 aromatic heterocycles. The lowest BCUT2D eigenvalue weighted by molar-refractivity contribution is -0.149. The van der Waals surface area contributed by atoms with Crippen molar-refractivity contribution >= 4 is 11.9 Å². The Morgan fingerprint density at radius 2 is 1.36 bits per heavy atom. The van der Waals surface area contributed by atoms with Crippen LogP contribution in [0.4, 0.5) is 0 Å². The first-order valence-electron chi connectivity index (χ1n) is 9.22. The Morgan fingerprint density at radius 1 is 0.821 bits per heavy atom. The molecule has 1 amide bonds. The predicted molar refractivity (Wildman–Crippen MR) is 109 cm³/mol. The fraction of sp³-hybridized carbons (Fsp3) is 0.167. The van der Waals surface area contributed by atoms with Crippen molar-refractivity contribution < 1.29 is 14.3 Å². The van der Waals surface area contributed by atoms with Gasteiger partial charge in [0.15, 0.2) is 6.61 Å². The normalized spacial score (nSPS) is 10.5. The molecule has 0 spiro atoms. The predicted octanol–water partition coefficient (Wildman–Crippen LogP) is 3.99. The van der Waals surface area contributed by atoms with Crippen LogP contribution in [0, 0.1) is 6.92 Å². The van der Waals surface area contributed by atoms with Gasteiger partial charge in [-0.3, -0.25) is 9.59 Å². The molecule has 0 unspecified atom stereocenters. The number of nitrogens with one attached hydrogen (secondary N) is 1. The van der Waals surface area contributed by atoms with Gasteiger partial charge in [0, 0.05) is 6.54 Å². The van der Waals surface area contributed by atoms with Gasteiger partial charge in [-0.15, -0.1) is 0 Å². The van der Waals surface area contributed by atoms with Gasteiger partial charge in [0.05, 0.1) is 0 Å². The van der Waals surface area contributed by atoms with Gasteiger partial charge in [-0.1, -0.05) is 90.5 Å². The third-order valence-corrected chi connectivity index (χ3v) is 4.46. The summed E-state index contributed by atoms with van der Waals surface area (Å²) in [5.74, 6) is -1.33. The molecular formula is C24H23NO3. The van der Waals surface area contributed by atoms with Gasteiger partial charge in [0.25, 0.3) is 5.91 Å². The molecule has 0 bridgehead atoms. The molecule has 0 atom stereocenters. The summed E-state index contributed by atoms with van der Waals surface area (Å²) in [6, 6.07) is 26.8. The highest BCUT2D eigenvalue weighted by molar-refractivity contribution is 5.85. The SMILES string of the molecule is Cc1ccc(CNC(=O)COC(=O)C(c2ccccc2)c2ccccc2)cc1. The van der Waals surface area contributed by atoms with Crippen molar-refractivity contribution in [3.05, 3.63) is 107 Å². The fourth-order valence-corrected chi connectivity index (χ4v) is 2.93. The van der Waals surface area contributed by atoms with Gasteiger partial charge in [-0.25, -0.2) is 0 Å². The molecule has 3 aromatic rings. The second-order valence-corrected chi connectivity index (χ2v) is 6.62. The van der Waals surface area contributed by atoms with Gasteiger partial charge in [0.2, 0.25) is 0 Å². The lowest BCUT2D eigenvalue weighted by Gasteiger charge is -2.17. The Balaban J connectivity index is 1.60. The first kappa shape index (κ1) is 19.4. The molecule has 3 aromatic carbocycles. The second-order valence-electron chi connectivity index (χ2n) is 6.62. The number of hydrogen-bond donors (Lipinski definition) is 1. The molecule has 0 aliphatic carbocycles. The molecule has 1 N–H and O–H groups in total. The Labute approximate surface area is 165 Å². The molecule has 0 saturated carbocycles. The molecule has 0 fully saturated rings. The zero-order chi connectivity index (χ0) is 19.8. The van der Waals surface area contributed by atoms with Gasteiger partial charge in [0.1, 0.15) is 5.92 Å². The minimum absolute atomic E-state index is 0.305. The monoisotopic (exact) mass is 373 g/mol. The number of amides is 1. The van der Waals surface area contributed by atoms with E-state index in [1.54, 1.807) is 0 Å². The van der Waals surface area contributed by atoms with Crippen LogP contribution in [0.25, 0.3) is 0 Å². The van der Waals surface area contributed by atoms with Crippen LogP contribution in [0.15, 0.2) is 84.9 Å². The van der Waals surface area contributed by atoms with E-state index < -0.39 is 11.9 Å². The number of carbonyl (C=O) groups is 2. The summed E-state index contributed by atoms with van der Waals surface area (Å²) in [5, 5.41) is 2.78. The quantitative estimate of drug-likeness (QED) is 0.637. The van der Waals surface area contributed by atoms with Crippen molar-refractivity contribution in [3.8, 4) is 0 Å². The van der Waals surface area contributed by atoms with Crippen molar-refractivity contribution in [2.75, 3.05) is 6.61 Å². The third kappa shape index (κ3) is 5.30. The van der Waals surface area contributed by atoms with Crippen LogP contribution in [0.5, 0.6) is 0 Å². The van der Waals surface area contributed by atoms with Gasteiger partial charge in [-0.05, 0) is 23.6 Å². The number of hydrogen-bond acceptors (Lipinski definition) is 3. The van der Waals surface area contributed by atoms with Crippen molar-refractivity contribution in [2.45, 2.75) is 19.4 Å². The molecule has 0 aliphatic heterocycles. The van der Waals surface area contributed by atoms with Crippen LogP contribution in [0.3, 0.4) is 0 Å². The highest BCUT2D eigenvalue weighted by Crippen LogP contribution is 2.25. The van der Waals surface area contributed by atoms with Crippen LogP contribution in [0.2, 0.25) is 0 Å². The highest BCUT2D eigenvalue weighted by Gasteiger charge is 2.24. The van der Waals surface area contributed by atoms with Gasteiger partial charge < -0.3 is 10.1 Å². The van der Waals surface area contributed by atoms with E-state index in [0.717, 1.165) is 22.3 Å². The van der Waals surface area contributed by atoms with Crippen molar-refractivity contribution in [3.63, 3.8) is 0 Å². The number of ether oxygens (including phenoxy) is 1. The molecule has 28 heavy (non-hydrogen) atoms. The van der Waals surface area contributed by atoms with E-state index in [9.17, 15) is 9.59 Å². The molecule has 0 aliphatic rings. The van der Waals surface area contributed by atoms with Crippen LogP contribution >= 0.6 is 0 Å². The summed E-state index contributed by atoms with van der Waals surface area (Å²) in [4.78, 5) is 24.9. The molecule has 0 heterocycles. The summed E-state index contributed by atoms with van der Waals surface area (Å²) in [6.07, 6.45) is 0. The largest absolute Gasteiger partial charge is 0.455 e. The molecule has 142 valence electrons. The molecule has 4 heteroatoms. The number of carbonyl (C=O) groups excluding carboxylic acids is 2. The average molecular weight is 373 g/mol. The van der Waals surface area contributed by atoms with Crippen molar-refractivity contribution in [1.82, 2.24) is 5.32 Å². The molecule has 0 saturated heterocycles. The van der Waals surface area contributed by atoms with Crippen LogP contribution < -0.4 is 5.32 Å². The maximum Gasteiger partial charge on any atom is 0.318 e. The van der Waals surface area contributed by atoms with Crippen molar-refractivity contribution in [1.29, 1.82) is 0 Å². The summed E-state index contributed by atoms with van der Waals surface area (Å²) in [5.41, 5.74) is 3.83. The topological polar surface area (TPSA) is 55.4 Å². The van der Waals surface area contributed by atoms with Gasteiger partial charge >= 0.3 is 5.97 Å². The zero-order valence-corrected chi connectivity index (χ0v) is 15.8. The Bertz CT molecular complexity index is 866. The van der Waals surface area contributed by atoms with Crippen LogP contribution in [-0.2, 0) is 20.9 Å². The van der Waals surface area contributed by atoms with E-state index in [2.05, 4.69) is 5.32 Å². The van der Waals surface area contributed by atoms with E-state index >= 15 is 0 Å².